The fourth-order valence-electron chi connectivity index (χ4n) is 1.90. The quantitative estimate of drug-likeness (QED) is 0.883. The molecule has 0 fully saturated rings. The molecule has 1 unspecified atom stereocenters. The molecule has 1 aromatic heterocycles. The molecule has 106 valence electrons. The van der Waals surface area contributed by atoms with E-state index in [-0.39, 0.29) is 11.8 Å². The Kier molecular flexibility index (Phi) is 4.95. The van der Waals surface area contributed by atoms with Crippen LogP contribution < -0.4 is 10.1 Å². The fourth-order valence-corrected chi connectivity index (χ4v) is 1.90. The number of ether oxygens (including phenoxy) is 1. The van der Waals surface area contributed by atoms with E-state index in [1.54, 1.807) is 30.7 Å². The van der Waals surface area contributed by atoms with Crippen molar-refractivity contribution < 1.29 is 13.5 Å². The van der Waals surface area contributed by atoms with Crippen molar-refractivity contribution >= 4 is 0 Å². The van der Waals surface area contributed by atoms with Crippen LogP contribution in [-0.4, -0.2) is 23.1 Å². The summed E-state index contributed by atoms with van der Waals surface area (Å²) in [5.41, 5.74) is 1.69. The summed E-state index contributed by atoms with van der Waals surface area (Å²) in [4.78, 5) is 8.31. The third-order valence-corrected chi connectivity index (χ3v) is 2.73. The number of alkyl halides is 2. The van der Waals surface area contributed by atoms with Gasteiger partial charge >= 0.3 is 6.61 Å². The monoisotopic (exact) mass is 279 g/mol. The van der Waals surface area contributed by atoms with E-state index in [0.29, 0.717) is 0 Å². The summed E-state index contributed by atoms with van der Waals surface area (Å²) in [6.45, 7) is -0.0841. The molecule has 0 amide bonds. The Hall–Kier alpha value is -2.08. The van der Waals surface area contributed by atoms with Gasteiger partial charge in [-0.3, -0.25) is 9.97 Å². The minimum atomic E-state index is -2.81. The molecule has 2 rings (SSSR count). The molecular formula is C14H15F2N3O. The third kappa shape index (κ3) is 3.71. The average molecular weight is 279 g/mol. The number of aromatic nitrogens is 2. The van der Waals surface area contributed by atoms with Gasteiger partial charge in [0.25, 0.3) is 0 Å². The van der Waals surface area contributed by atoms with Gasteiger partial charge in [0.2, 0.25) is 0 Å². The number of rotatable bonds is 6. The van der Waals surface area contributed by atoms with Crippen molar-refractivity contribution in [2.24, 2.45) is 0 Å². The number of benzene rings is 1. The van der Waals surface area contributed by atoms with Crippen molar-refractivity contribution in [3.8, 4) is 5.75 Å². The van der Waals surface area contributed by atoms with E-state index in [1.165, 1.54) is 12.1 Å². The molecule has 1 atom stereocenters. The molecule has 4 nitrogen and oxygen atoms in total. The minimum Gasteiger partial charge on any atom is -0.435 e. The zero-order valence-electron chi connectivity index (χ0n) is 11.0. The summed E-state index contributed by atoms with van der Waals surface area (Å²) in [5, 5.41) is 3.28. The molecule has 0 bridgehead atoms. The number of nitrogens with zero attached hydrogens (tertiary/aromatic N) is 2. The Morgan fingerprint density at radius 3 is 2.50 bits per heavy atom. The second-order valence-electron chi connectivity index (χ2n) is 4.07. The summed E-state index contributed by atoms with van der Waals surface area (Å²) in [6.07, 6.45) is 4.90. The van der Waals surface area contributed by atoms with E-state index in [2.05, 4.69) is 20.0 Å². The molecule has 1 heterocycles. The summed E-state index contributed by atoms with van der Waals surface area (Å²) >= 11 is 0. The van der Waals surface area contributed by atoms with Gasteiger partial charge in [-0.25, -0.2) is 0 Å². The molecule has 0 aliphatic carbocycles. The van der Waals surface area contributed by atoms with Gasteiger partial charge in [-0.2, -0.15) is 8.78 Å². The molecule has 0 aliphatic heterocycles. The lowest BCUT2D eigenvalue weighted by Gasteiger charge is -2.17. The second kappa shape index (κ2) is 6.91. The van der Waals surface area contributed by atoms with Gasteiger partial charge in [0.15, 0.2) is 0 Å². The summed E-state index contributed by atoms with van der Waals surface area (Å²) < 4.78 is 28.6. The van der Waals surface area contributed by atoms with Crippen LogP contribution in [0.1, 0.15) is 24.2 Å². The van der Waals surface area contributed by atoms with Crippen LogP contribution in [0, 0.1) is 0 Å². The van der Waals surface area contributed by atoms with Gasteiger partial charge < -0.3 is 10.1 Å². The van der Waals surface area contributed by atoms with Gasteiger partial charge in [0.05, 0.1) is 17.9 Å². The van der Waals surface area contributed by atoms with Crippen LogP contribution in [0.3, 0.4) is 0 Å². The molecule has 20 heavy (non-hydrogen) atoms. The van der Waals surface area contributed by atoms with E-state index >= 15 is 0 Å². The highest BCUT2D eigenvalue weighted by molar-refractivity contribution is 5.32. The number of nitrogens with one attached hydrogen (secondary N) is 1. The highest BCUT2D eigenvalue weighted by atomic mass is 19.3. The largest absolute Gasteiger partial charge is 0.435 e. The highest BCUT2D eigenvalue weighted by Gasteiger charge is 2.14. The molecule has 1 aromatic carbocycles. The first kappa shape index (κ1) is 14.3. The van der Waals surface area contributed by atoms with Crippen LogP contribution >= 0.6 is 0 Å². The van der Waals surface area contributed by atoms with E-state index in [9.17, 15) is 8.78 Å². The number of hydrogen-bond acceptors (Lipinski definition) is 4. The Morgan fingerprint density at radius 1 is 1.20 bits per heavy atom. The molecule has 0 spiro atoms. The van der Waals surface area contributed by atoms with Crippen LogP contribution in [0.25, 0.3) is 0 Å². The van der Waals surface area contributed by atoms with Gasteiger partial charge in [-0.15, -0.1) is 0 Å². The van der Waals surface area contributed by atoms with Crippen LogP contribution in [0.5, 0.6) is 5.75 Å². The second-order valence-corrected chi connectivity index (χ2v) is 4.07. The van der Waals surface area contributed by atoms with Gasteiger partial charge in [-0.1, -0.05) is 19.1 Å². The molecule has 6 heteroatoms. The number of hydrogen-bond donors (Lipinski definition) is 1. The maximum Gasteiger partial charge on any atom is 0.387 e. The van der Waals surface area contributed by atoms with Crippen molar-refractivity contribution in [1.29, 1.82) is 0 Å². The van der Waals surface area contributed by atoms with Crippen LogP contribution in [-0.2, 0) is 0 Å². The maximum absolute atomic E-state index is 12.1. The zero-order chi connectivity index (χ0) is 14.4. The van der Waals surface area contributed by atoms with Crippen LogP contribution in [0.15, 0.2) is 42.9 Å². The maximum atomic E-state index is 12.1. The lowest BCUT2D eigenvalue weighted by molar-refractivity contribution is -0.0498. The standard InChI is InChI=1S/C14H15F2N3O/c1-2-18-13(12-9-17-7-8-19-12)10-3-5-11(6-4-10)20-14(15)16/h3-9,13-14,18H,2H2,1H3. The SMILES string of the molecule is CCNC(c1ccc(OC(F)F)cc1)c1cnccn1. The molecule has 2 aromatic rings. The molecular weight excluding hydrogens is 264 g/mol. The van der Waals surface area contributed by atoms with Gasteiger partial charge in [0.1, 0.15) is 5.75 Å². The topological polar surface area (TPSA) is 47.0 Å². The molecule has 0 saturated carbocycles. The van der Waals surface area contributed by atoms with Crippen molar-refractivity contribution in [2.45, 2.75) is 19.6 Å². The van der Waals surface area contributed by atoms with Crippen molar-refractivity contribution in [1.82, 2.24) is 15.3 Å². The normalized spacial score (nSPS) is 12.4. The summed E-state index contributed by atoms with van der Waals surface area (Å²) in [6, 6.07) is 6.37. The smallest absolute Gasteiger partial charge is 0.387 e. The lowest BCUT2D eigenvalue weighted by atomic mass is 10.0. The predicted octanol–water partition coefficient (Wildman–Crippen LogP) is 2.78. The first-order valence-corrected chi connectivity index (χ1v) is 6.24. The van der Waals surface area contributed by atoms with Crippen molar-refractivity contribution in [3.05, 3.63) is 54.1 Å². The first-order chi connectivity index (χ1) is 9.70. The Morgan fingerprint density at radius 2 is 1.95 bits per heavy atom. The van der Waals surface area contributed by atoms with E-state index < -0.39 is 6.61 Å². The van der Waals surface area contributed by atoms with Crippen molar-refractivity contribution in [2.75, 3.05) is 6.54 Å². The Balaban J connectivity index is 2.21. The van der Waals surface area contributed by atoms with Gasteiger partial charge in [0, 0.05) is 12.4 Å². The van der Waals surface area contributed by atoms with Crippen molar-refractivity contribution in [3.63, 3.8) is 0 Å². The zero-order valence-corrected chi connectivity index (χ0v) is 11.0. The summed E-state index contributed by atoms with van der Waals surface area (Å²) in [5.74, 6) is 0.137. The van der Waals surface area contributed by atoms with E-state index in [1.807, 2.05) is 6.92 Å². The molecule has 0 radical (unpaired) electrons. The summed E-state index contributed by atoms with van der Waals surface area (Å²) in [7, 11) is 0. The molecule has 0 aliphatic rings. The molecule has 1 N–H and O–H groups in total. The third-order valence-electron chi connectivity index (χ3n) is 2.73. The van der Waals surface area contributed by atoms with Crippen LogP contribution in [0.2, 0.25) is 0 Å². The molecule has 0 saturated heterocycles. The van der Waals surface area contributed by atoms with E-state index in [0.717, 1.165) is 17.8 Å². The van der Waals surface area contributed by atoms with Gasteiger partial charge in [-0.05, 0) is 24.2 Å². The predicted molar refractivity (Wildman–Crippen MR) is 70.6 cm³/mol. The average Bonchev–Trinajstić information content (AvgIpc) is 2.46. The minimum absolute atomic E-state index is 0.130. The number of halogens is 2. The first-order valence-electron chi connectivity index (χ1n) is 6.24. The Bertz CT molecular complexity index is 520. The lowest BCUT2D eigenvalue weighted by Crippen LogP contribution is -2.23. The van der Waals surface area contributed by atoms with Crippen LogP contribution in [0.4, 0.5) is 8.78 Å². The van der Waals surface area contributed by atoms with E-state index in [4.69, 9.17) is 0 Å². The highest BCUT2D eigenvalue weighted by Crippen LogP contribution is 2.23. The Labute approximate surface area is 115 Å². The fraction of sp³-hybridized carbons (Fsp3) is 0.286.